The first kappa shape index (κ1) is 19.8. The average molecular weight is 426 g/mol. The van der Waals surface area contributed by atoms with E-state index in [-0.39, 0.29) is 18.7 Å². The van der Waals surface area contributed by atoms with Crippen LogP contribution in [-0.4, -0.2) is 37.5 Å². The maximum atomic E-state index is 14.0. The lowest BCUT2D eigenvalue weighted by atomic mass is 10.1. The van der Waals surface area contributed by atoms with Gasteiger partial charge >= 0.3 is 5.97 Å². The quantitative estimate of drug-likeness (QED) is 0.467. The van der Waals surface area contributed by atoms with Crippen molar-refractivity contribution >= 4 is 17.6 Å². The summed E-state index contributed by atoms with van der Waals surface area (Å²) < 4.78 is 20.5. The van der Waals surface area contributed by atoms with Crippen LogP contribution in [0.2, 0.25) is 5.02 Å². The van der Waals surface area contributed by atoms with Crippen molar-refractivity contribution in [3.8, 4) is 16.9 Å². The summed E-state index contributed by atoms with van der Waals surface area (Å²) in [7, 11) is 0. The van der Waals surface area contributed by atoms with Crippen molar-refractivity contribution < 1.29 is 13.9 Å². The Bertz CT molecular complexity index is 1190. The molecule has 152 valence electrons. The number of ether oxygens (including phenoxy) is 1. The number of halogens is 2. The molecule has 30 heavy (non-hydrogen) atoms. The number of aromatic nitrogens is 5. The zero-order valence-electron chi connectivity index (χ0n) is 16.0. The Morgan fingerprint density at radius 2 is 1.97 bits per heavy atom. The standard InChI is InChI=1S/C21H17ClFN5O2/c1-2-30-21(29)20-19(13-7-9-14(22)10-8-13)24-18(25-20)11-15-12-28(27-26-15)17-6-4-3-5-16(17)23/h3-10,12H,2,11H2,1H3,(H,24,25). The number of hydrogen-bond donors (Lipinski definition) is 1. The third-order valence-electron chi connectivity index (χ3n) is 4.34. The predicted octanol–water partition coefficient (Wildman–Crippen LogP) is 4.22. The number of nitrogens with one attached hydrogen (secondary N) is 1. The lowest BCUT2D eigenvalue weighted by molar-refractivity contribution is 0.0521. The Hall–Kier alpha value is -3.52. The lowest BCUT2D eigenvalue weighted by Crippen LogP contribution is -2.07. The van der Waals surface area contributed by atoms with Crippen molar-refractivity contribution in [3.63, 3.8) is 0 Å². The highest BCUT2D eigenvalue weighted by atomic mass is 35.5. The van der Waals surface area contributed by atoms with E-state index in [9.17, 15) is 9.18 Å². The van der Waals surface area contributed by atoms with Crippen molar-refractivity contribution in [2.75, 3.05) is 6.61 Å². The number of hydrogen-bond acceptors (Lipinski definition) is 5. The molecule has 0 aliphatic heterocycles. The SMILES string of the molecule is CCOC(=O)c1[nH]c(Cc2cn(-c3ccccc3F)nn2)nc1-c1ccc(Cl)cc1. The number of rotatable bonds is 6. The molecule has 0 saturated carbocycles. The first-order valence-corrected chi connectivity index (χ1v) is 9.61. The van der Waals surface area contributed by atoms with Crippen molar-refractivity contribution in [3.05, 3.63) is 82.8 Å². The van der Waals surface area contributed by atoms with Gasteiger partial charge in [0.1, 0.15) is 23.0 Å². The number of carbonyl (C=O) groups is 1. The molecule has 2 heterocycles. The van der Waals surface area contributed by atoms with Gasteiger partial charge in [-0.3, -0.25) is 0 Å². The molecule has 4 rings (SSSR count). The summed E-state index contributed by atoms with van der Waals surface area (Å²) in [4.78, 5) is 20.0. The van der Waals surface area contributed by atoms with Crippen LogP contribution in [0.1, 0.15) is 28.9 Å². The smallest absolute Gasteiger partial charge is 0.357 e. The van der Waals surface area contributed by atoms with Crippen LogP contribution in [0.25, 0.3) is 16.9 Å². The van der Waals surface area contributed by atoms with Crippen molar-refractivity contribution in [1.82, 2.24) is 25.0 Å². The molecular weight excluding hydrogens is 409 g/mol. The number of nitrogens with zero attached hydrogens (tertiary/aromatic N) is 4. The molecule has 0 radical (unpaired) electrons. The molecule has 0 atom stereocenters. The van der Waals surface area contributed by atoms with E-state index in [0.29, 0.717) is 27.9 Å². The van der Waals surface area contributed by atoms with Gasteiger partial charge in [-0.1, -0.05) is 41.1 Å². The van der Waals surface area contributed by atoms with Crippen LogP contribution >= 0.6 is 11.6 Å². The van der Waals surface area contributed by atoms with Gasteiger partial charge in [-0.05, 0) is 31.2 Å². The molecule has 0 aliphatic rings. The molecule has 0 amide bonds. The molecule has 0 bridgehead atoms. The number of para-hydroxylation sites is 1. The van der Waals surface area contributed by atoms with Crippen LogP contribution in [0.5, 0.6) is 0 Å². The van der Waals surface area contributed by atoms with E-state index in [1.165, 1.54) is 10.7 Å². The molecule has 2 aromatic carbocycles. The van der Waals surface area contributed by atoms with Gasteiger partial charge < -0.3 is 9.72 Å². The summed E-state index contributed by atoms with van der Waals surface area (Å²) in [5.74, 6) is -0.402. The fourth-order valence-corrected chi connectivity index (χ4v) is 3.11. The highest BCUT2D eigenvalue weighted by molar-refractivity contribution is 6.30. The van der Waals surface area contributed by atoms with Gasteiger partial charge in [0.25, 0.3) is 0 Å². The molecule has 1 N–H and O–H groups in total. The molecule has 0 aliphatic carbocycles. The lowest BCUT2D eigenvalue weighted by Gasteiger charge is -2.02. The summed E-state index contributed by atoms with van der Waals surface area (Å²) in [6.07, 6.45) is 1.89. The monoisotopic (exact) mass is 425 g/mol. The fourth-order valence-electron chi connectivity index (χ4n) is 2.98. The molecule has 4 aromatic rings. The van der Waals surface area contributed by atoms with E-state index < -0.39 is 11.8 Å². The van der Waals surface area contributed by atoms with Crippen LogP contribution in [0, 0.1) is 5.82 Å². The molecule has 0 unspecified atom stereocenters. The van der Waals surface area contributed by atoms with E-state index in [2.05, 4.69) is 20.3 Å². The number of H-pyrrole nitrogens is 1. The second kappa shape index (κ2) is 8.46. The molecule has 2 aromatic heterocycles. The molecule has 9 heteroatoms. The summed E-state index contributed by atoms with van der Waals surface area (Å²) >= 11 is 5.96. The number of aromatic amines is 1. The highest BCUT2D eigenvalue weighted by Gasteiger charge is 2.20. The Morgan fingerprint density at radius 3 is 2.70 bits per heavy atom. The van der Waals surface area contributed by atoms with E-state index in [1.54, 1.807) is 55.6 Å². The van der Waals surface area contributed by atoms with Gasteiger partial charge in [0, 0.05) is 10.6 Å². The first-order chi connectivity index (χ1) is 14.5. The fraction of sp³-hybridized carbons (Fsp3) is 0.143. The third-order valence-corrected chi connectivity index (χ3v) is 4.59. The van der Waals surface area contributed by atoms with E-state index >= 15 is 0 Å². The molecule has 0 fully saturated rings. The molecule has 0 saturated heterocycles. The second-order valence-electron chi connectivity index (χ2n) is 6.42. The Balaban J connectivity index is 1.65. The van der Waals surface area contributed by atoms with E-state index in [0.717, 1.165) is 5.56 Å². The molecule has 0 spiro atoms. The second-order valence-corrected chi connectivity index (χ2v) is 6.85. The first-order valence-electron chi connectivity index (χ1n) is 9.23. The van der Waals surface area contributed by atoms with Gasteiger partial charge in [0.05, 0.1) is 24.9 Å². The Kier molecular flexibility index (Phi) is 5.58. The van der Waals surface area contributed by atoms with Crippen molar-refractivity contribution in [2.45, 2.75) is 13.3 Å². The summed E-state index contributed by atoms with van der Waals surface area (Å²) in [6.45, 7) is 1.97. The average Bonchev–Trinajstić information content (AvgIpc) is 3.37. The maximum Gasteiger partial charge on any atom is 0.357 e. The minimum atomic E-state index is -0.504. The van der Waals surface area contributed by atoms with Crippen LogP contribution in [0.4, 0.5) is 4.39 Å². The number of imidazole rings is 1. The minimum absolute atomic E-state index is 0.240. The summed E-state index contributed by atoms with van der Waals surface area (Å²) in [5.41, 5.74) is 2.28. The van der Waals surface area contributed by atoms with Crippen LogP contribution in [0.3, 0.4) is 0 Å². The zero-order valence-corrected chi connectivity index (χ0v) is 16.7. The number of esters is 1. The highest BCUT2D eigenvalue weighted by Crippen LogP contribution is 2.25. The van der Waals surface area contributed by atoms with Crippen LogP contribution in [-0.2, 0) is 11.2 Å². The van der Waals surface area contributed by atoms with Crippen molar-refractivity contribution in [2.24, 2.45) is 0 Å². The normalized spacial score (nSPS) is 10.9. The zero-order chi connectivity index (χ0) is 21.1. The van der Waals surface area contributed by atoms with Crippen LogP contribution < -0.4 is 0 Å². The van der Waals surface area contributed by atoms with Gasteiger partial charge in [-0.25, -0.2) is 18.9 Å². The Labute approximate surface area is 176 Å². The predicted molar refractivity (Wildman–Crippen MR) is 109 cm³/mol. The van der Waals surface area contributed by atoms with Gasteiger partial charge in [0.15, 0.2) is 5.69 Å². The summed E-state index contributed by atoms with van der Waals surface area (Å²) in [5, 5.41) is 8.65. The maximum absolute atomic E-state index is 14.0. The van der Waals surface area contributed by atoms with Crippen molar-refractivity contribution in [1.29, 1.82) is 0 Å². The number of benzene rings is 2. The topological polar surface area (TPSA) is 85.7 Å². The minimum Gasteiger partial charge on any atom is -0.461 e. The molecular formula is C21H17ClFN5O2. The summed E-state index contributed by atoms with van der Waals surface area (Å²) in [6, 6.07) is 13.3. The Morgan fingerprint density at radius 1 is 1.20 bits per heavy atom. The van der Waals surface area contributed by atoms with E-state index in [1.807, 2.05) is 0 Å². The van der Waals surface area contributed by atoms with Gasteiger partial charge in [-0.2, -0.15) is 0 Å². The van der Waals surface area contributed by atoms with Gasteiger partial charge in [0.2, 0.25) is 0 Å². The van der Waals surface area contributed by atoms with Crippen LogP contribution in [0.15, 0.2) is 54.7 Å². The van der Waals surface area contributed by atoms with E-state index in [4.69, 9.17) is 16.3 Å². The third kappa shape index (κ3) is 4.08. The largest absolute Gasteiger partial charge is 0.461 e. The molecule has 7 nitrogen and oxygen atoms in total. The number of carbonyl (C=O) groups excluding carboxylic acids is 1. The van der Waals surface area contributed by atoms with Gasteiger partial charge in [-0.15, -0.1) is 5.10 Å².